The summed E-state index contributed by atoms with van der Waals surface area (Å²) in [6, 6.07) is 7.83. The zero-order valence-corrected chi connectivity index (χ0v) is 15.5. The summed E-state index contributed by atoms with van der Waals surface area (Å²) >= 11 is 1.44. The van der Waals surface area contributed by atoms with Gasteiger partial charge < -0.3 is 15.7 Å². The van der Waals surface area contributed by atoms with Crippen molar-refractivity contribution in [2.45, 2.75) is 19.9 Å². The highest BCUT2D eigenvalue weighted by Crippen LogP contribution is 2.32. The summed E-state index contributed by atoms with van der Waals surface area (Å²) in [6.45, 7) is 3.76. The lowest BCUT2D eigenvalue weighted by Crippen LogP contribution is -2.18. The van der Waals surface area contributed by atoms with Crippen molar-refractivity contribution < 1.29 is 10.0 Å². The largest absolute Gasteiger partial charge is 0.394 e. The van der Waals surface area contributed by atoms with E-state index in [0.29, 0.717) is 22.5 Å². The fraction of sp³-hybridized carbons (Fsp3) is 0.235. The molecule has 2 heterocycles. The van der Waals surface area contributed by atoms with E-state index in [4.69, 9.17) is 5.11 Å². The van der Waals surface area contributed by atoms with E-state index in [9.17, 15) is 10.1 Å². The van der Waals surface area contributed by atoms with Gasteiger partial charge in [0.25, 0.3) is 5.69 Å². The van der Waals surface area contributed by atoms with Crippen LogP contribution in [0.3, 0.4) is 0 Å². The van der Waals surface area contributed by atoms with Crippen LogP contribution >= 0.6 is 11.3 Å². The predicted molar refractivity (Wildman–Crippen MR) is 104 cm³/mol. The number of nitro groups is 1. The van der Waals surface area contributed by atoms with Crippen molar-refractivity contribution in [3.63, 3.8) is 0 Å². The Bertz CT molecular complexity index is 961. The maximum absolute atomic E-state index is 10.9. The molecule has 0 bridgehead atoms. The van der Waals surface area contributed by atoms with E-state index in [0.717, 1.165) is 10.6 Å². The Balaban J connectivity index is 1.84. The second-order valence-electron chi connectivity index (χ2n) is 5.86. The van der Waals surface area contributed by atoms with Gasteiger partial charge in [0.05, 0.1) is 27.8 Å². The first-order valence-corrected chi connectivity index (χ1v) is 8.97. The molecule has 0 aliphatic carbocycles. The number of nitro benzene ring substituents is 1. The van der Waals surface area contributed by atoms with E-state index in [-0.39, 0.29) is 18.3 Å². The standard InChI is InChI=1S/C17H18N6O3S/c1-10(9-24)19-17-20-11(2)15(27-17)14-6-7-18-16(22-14)21-12-4-3-5-13(8-12)23(25)26/h3-8,10,24H,9H2,1-2H3,(H,19,20)(H,18,21,22). The summed E-state index contributed by atoms with van der Waals surface area (Å²) < 4.78 is 0. The number of rotatable bonds is 7. The molecule has 3 rings (SSSR count). The van der Waals surface area contributed by atoms with Crippen molar-refractivity contribution in [3.8, 4) is 10.6 Å². The molecule has 0 aliphatic rings. The van der Waals surface area contributed by atoms with Crippen LogP contribution in [0.25, 0.3) is 10.6 Å². The first kappa shape index (κ1) is 18.7. The normalized spacial score (nSPS) is 11.8. The molecule has 0 saturated carbocycles. The maximum Gasteiger partial charge on any atom is 0.271 e. The lowest BCUT2D eigenvalue weighted by Gasteiger charge is -2.08. The van der Waals surface area contributed by atoms with E-state index in [1.807, 2.05) is 13.8 Å². The molecular weight excluding hydrogens is 368 g/mol. The van der Waals surface area contributed by atoms with Crippen LogP contribution in [0.4, 0.5) is 22.5 Å². The molecular formula is C17H18N6O3S. The quantitative estimate of drug-likeness (QED) is 0.417. The van der Waals surface area contributed by atoms with Crippen LogP contribution < -0.4 is 10.6 Å². The van der Waals surface area contributed by atoms with Crippen LogP contribution in [0.15, 0.2) is 36.5 Å². The van der Waals surface area contributed by atoms with Crippen LogP contribution in [-0.4, -0.2) is 37.6 Å². The maximum atomic E-state index is 10.9. The van der Waals surface area contributed by atoms with Crippen molar-refractivity contribution in [2.24, 2.45) is 0 Å². The molecule has 0 fully saturated rings. The average molecular weight is 386 g/mol. The van der Waals surface area contributed by atoms with Gasteiger partial charge in [-0.15, -0.1) is 0 Å². The van der Waals surface area contributed by atoms with Crippen molar-refractivity contribution in [2.75, 3.05) is 17.2 Å². The molecule has 27 heavy (non-hydrogen) atoms. The van der Waals surface area contributed by atoms with Gasteiger partial charge in [0.15, 0.2) is 5.13 Å². The number of benzene rings is 1. The molecule has 0 amide bonds. The highest BCUT2D eigenvalue weighted by Gasteiger charge is 2.14. The average Bonchev–Trinajstić information content (AvgIpc) is 3.02. The highest BCUT2D eigenvalue weighted by molar-refractivity contribution is 7.19. The molecule has 1 aromatic carbocycles. The first-order chi connectivity index (χ1) is 13.0. The van der Waals surface area contributed by atoms with E-state index < -0.39 is 4.92 Å². The summed E-state index contributed by atoms with van der Waals surface area (Å²) in [5, 5.41) is 26.9. The SMILES string of the molecule is Cc1nc(NC(C)CO)sc1-c1ccnc(Nc2cccc([N+](=O)[O-])c2)n1. The minimum atomic E-state index is -0.453. The molecule has 0 saturated heterocycles. The summed E-state index contributed by atoms with van der Waals surface area (Å²) in [5.41, 5.74) is 2.02. The number of thiazole rings is 1. The third-order valence-electron chi connectivity index (χ3n) is 3.64. The van der Waals surface area contributed by atoms with Crippen LogP contribution in [0.1, 0.15) is 12.6 Å². The van der Waals surface area contributed by atoms with Gasteiger partial charge >= 0.3 is 0 Å². The topological polar surface area (TPSA) is 126 Å². The number of aliphatic hydroxyl groups is 1. The van der Waals surface area contributed by atoms with E-state index in [2.05, 4.69) is 25.6 Å². The van der Waals surface area contributed by atoms with Crippen LogP contribution in [0.2, 0.25) is 0 Å². The molecule has 3 aromatic rings. The summed E-state index contributed by atoms with van der Waals surface area (Å²) in [7, 11) is 0. The molecule has 0 radical (unpaired) electrons. The van der Waals surface area contributed by atoms with Gasteiger partial charge in [-0.25, -0.2) is 15.0 Å². The molecule has 3 N–H and O–H groups in total. The fourth-order valence-corrected chi connectivity index (χ4v) is 3.37. The second-order valence-corrected chi connectivity index (χ2v) is 6.86. The van der Waals surface area contributed by atoms with Crippen LogP contribution in [0, 0.1) is 17.0 Å². The summed E-state index contributed by atoms with van der Waals surface area (Å²) in [4.78, 5) is 24.5. The number of aliphatic hydroxyl groups excluding tert-OH is 1. The number of aryl methyl sites for hydroxylation is 1. The lowest BCUT2D eigenvalue weighted by molar-refractivity contribution is -0.384. The van der Waals surface area contributed by atoms with Crippen molar-refractivity contribution in [3.05, 3.63) is 52.3 Å². The number of hydrogen-bond donors (Lipinski definition) is 3. The Kier molecular flexibility index (Phi) is 5.57. The molecule has 0 aliphatic heterocycles. The van der Waals surface area contributed by atoms with Gasteiger partial charge in [-0.2, -0.15) is 0 Å². The Labute approximate surface area is 159 Å². The minimum absolute atomic E-state index is 0.0109. The van der Waals surface area contributed by atoms with Gasteiger partial charge in [-0.1, -0.05) is 17.4 Å². The molecule has 2 aromatic heterocycles. The fourth-order valence-electron chi connectivity index (χ4n) is 2.32. The smallest absolute Gasteiger partial charge is 0.271 e. The number of anilines is 3. The van der Waals surface area contributed by atoms with E-state index in [1.165, 1.54) is 23.5 Å². The zero-order chi connectivity index (χ0) is 19.4. The van der Waals surface area contributed by atoms with Crippen molar-refractivity contribution in [1.29, 1.82) is 0 Å². The van der Waals surface area contributed by atoms with Gasteiger partial charge in [0, 0.05) is 30.1 Å². The molecule has 140 valence electrons. The second kappa shape index (κ2) is 8.06. The number of nitrogens with zero attached hydrogens (tertiary/aromatic N) is 4. The number of aromatic nitrogens is 3. The molecule has 9 nitrogen and oxygen atoms in total. The predicted octanol–water partition coefficient (Wildman–Crippen LogP) is 3.35. The number of hydrogen-bond acceptors (Lipinski definition) is 9. The van der Waals surface area contributed by atoms with Crippen LogP contribution in [0.5, 0.6) is 0 Å². The number of nitrogens with one attached hydrogen (secondary N) is 2. The monoisotopic (exact) mass is 386 g/mol. The molecule has 10 heteroatoms. The van der Waals surface area contributed by atoms with Gasteiger partial charge in [0.1, 0.15) is 0 Å². The third kappa shape index (κ3) is 4.54. The Morgan fingerprint density at radius 1 is 1.33 bits per heavy atom. The number of non-ortho nitro benzene ring substituents is 1. The molecule has 1 atom stereocenters. The van der Waals surface area contributed by atoms with Crippen LogP contribution in [-0.2, 0) is 0 Å². The zero-order valence-electron chi connectivity index (χ0n) is 14.7. The summed E-state index contributed by atoms with van der Waals surface area (Å²) in [6.07, 6.45) is 1.62. The Morgan fingerprint density at radius 2 is 2.15 bits per heavy atom. The summed E-state index contributed by atoms with van der Waals surface area (Å²) in [5.74, 6) is 0.332. The van der Waals surface area contributed by atoms with E-state index in [1.54, 1.807) is 24.4 Å². The third-order valence-corrected chi connectivity index (χ3v) is 4.75. The Morgan fingerprint density at radius 3 is 2.89 bits per heavy atom. The van der Waals surface area contributed by atoms with Crippen molar-refractivity contribution >= 4 is 33.8 Å². The first-order valence-electron chi connectivity index (χ1n) is 8.16. The van der Waals surface area contributed by atoms with Gasteiger partial charge in [0.2, 0.25) is 5.95 Å². The molecule has 1 unspecified atom stereocenters. The van der Waals surface area contributed by atoms with Crippen molar-refractivity contribution in [1.82, 2.24) is 15.0 Å². The molecule has 0 spiro atoms. The highest BCUT2D eigenvalue weighted by atomic mass is 32.1. The minimum Gasteiger partial charge on any atom is -0.394 e. The lowest BCUT2D eigenvalue weighted by atomic mass is 10.3. The van der Waals surface area contributed by atoms with E-state index >= 15 is 0 Å². The Hall–Kier alpha value is -3.11. The van der Waals surface area contributed by atoms with Gasteiger partial charge in [-0.05, 0) is 26.0 Å². The van der Waals surface area contributed by atoms with Gasteiger partial charge in [-0.3, -0.25) is 10.1 Å².